The van der Waals surface area contributed by atoms with E-state index in [-0.39, 0.29) is 12.5 Å². The molecule has 1 aromatic carbocycles. The average molecular weight is 244 g/mol. The molecule has 0 fully saturated rings. The summed E-state index contributed by atoms with van der Waals surface area (Å²) in [6.07, 6.45) is 0.840. The summed E-state index contributed by atoms with van der Waals surface area (Å²) < 4.78 is 1.07. The molecule has 2 nitrogen and oxygen atoms in total. The van der Waals surface area contributed by atoms with Crippen molar-refractivity contribution in [2.45, 2.75) is 6.42 Å². The van der Waals surface area contributed by atoms with Crippen molar-refractivity contribution in [3.05, 3.63) is 34.3 Å². The lowest BCUT2D eigenvalue weighted by Gasteiger charge is -2.10. The van der Waals surface area contributed by atoms with Gasteiger partial charge in [0.25, 0.3) is 0 Å². The predicted octanol–water partition coefficient (Wildman–Crippen LogP) is 1.56. The molecule has 3 N–H and O–H groups in total. The van der Waals surface area contributed by atoms with Gasteiger partial charge in [0, 0.05) is 11.1 Å². The molecule has 0 aliphatic rings. The van der Waals surface area contributed by atoms with Crippen molar-refractivity contribution < 1.29 is 5.11 Å². The quantitative estimate of drug-likeness (QED) is 0.844. The fourth-order valence-corrected chi connectivity index (χ4v) is 1.67. The van der Waals surface area contributed by atoms with Crippen LogP contribution in [0.25, 0.3) is 0 Å². The Morgan fingerprint density at radius 1 is 1.46 bits per heavy atom. The summed E-state index contributed by atoms with van der Waals surface area (Å²) in [6.45, 7) is 0.687. The van der Waals surface area contributed by atoms with Crippen LogP contribution in [-0.4, -0.2) is 18.3 Å². The molecule has 0 heterocycles. The van der Waals surface area contributed by atoms with Gasteiger partial charge in [0.1, 0.15) is 0 Å². The molecular weight excluding hydrogens is 230 g/mol. The zero-order valence-electron chi connectivity index (χ0n) is 7.41. The van der Waals surface area contributed by atoms with Gasteiger partial charge in [-0.15, -0.1) is 0 Å². The first-order valence-electron chi connectivity index (χ1n) is 4.31. The van der Waals surface area contributed by atoms with Gasteiger partial charge in [-0.05, 0) is 36.6 Å². The number of hydrogen-bond acceptors (Lipinski definition) is 2. The Bertz CT molecular complexity index is 261. The molecule has 1 rings (SSSR count). The highest BCUT2D eigenvalue weighted by molar-refractivity contribution is 9.10. The van der Waals surface area contributed by atoms with Gasteiger partial charge in [0.05, 0.1) is 0 Å². The highest BCUT2D eigenvalue weighted by Crippen LogP contribution is 2.14. The third-order valence-corrected chi connectivity index (χ3v) is 2.50. The predicted molar refractivity (Wildman–Crippen MR) is 57.5 cm³/mol. The summed E-state index contributed by atoms with van der Waals surface area (Å²) in [5, 5.41) is 8.96. The van der Waals surface area contributed by atoms with Gasteiger partial charge in [-0.1, -0.05) is 28.1 Å². The summed E-state index contributed by atoms with van der Waals surface area (Å²) in [5.74, 6) is 0.175. The Morgan fingerprint density at radius 2 is 2.23 bits per heavy atom. The molecule has 0 saturated heterocycles. The molecule has 0 unspecified atom stereocenters. The maximum absolute atomic E-state index is 8.96. The summed E-state index contributed by atoms with van der Waals surface area (Å²) in [7, 11) is 0. The van der Waals surface area contributed by atoms with Crippen LogP contribution in [0.5, 0.6) is 0 Å². The number of rotatable bonds is 4. The molecule has 1 atom stereocenters. The second kappa shape index (κ2) is 5.37. The van der Waals surface area contributed by atoms with Crippen LogP contribution in [0.15, 0.2) is 28.7 Å². The van der Waals surface area contributed by atoms with Crippen molar-refractivity contribution in [2.24, 2.45) is 11.7 Å². The minimum Gasteiger partial charge on any atom is -0.396 e. The normalized spacial score (nSPS) is 12.8. The molecule has 0 bridgehead atoms. The first kappa shape index (κ1) is 10.7. The van der Waals surface area contributed by atoms with E-state index in [1.807, 2.05) is 18.2 Å². The van der Waals surface area contributed by atoms with Gasteiger partial charge in [-0.25, -0.2) is 0 Å². The number of halogens is 1. The van der Waals surface area contributed by atoms with Gasteiger partial charge in [-0.2, -0.15) is 0 Å². The van der Waals surface area contributed by atoms with E-state index in [4.69, 9.17) is 10.8 Å². The largest absolute Gasteiger partial charge is 0.396 e. The highest BCUT2D eigenvalue weighted by Gasteiger charge is 2.05. The van der Waals surface area contributed by atoms with Crippen LogP contribution >= 0.6 is 15.9 Å². The van der Waals surface area contributed by atoms with E-state index in [2.05, 4.69) is 22.0 Å². The van der Waals surface area contributed by atoms with E-state index in [0.717, 1.165) is 10.9 Å². The summed E-state index contributed by atoms with van der Waals surface area (Å²) in [5.41, 5.74) is 6.70. The van der Waals surface area contributed by atoms with Crippen molar-refractivity contribution in [3.8, 4) is 0 Å². The Morgan fingerprint density at radius 3 is 2.77 bits per heavy atom. The minimum absolute atomic E-state index is 0.156. The Balaban J connectivity index is 2.62. The van der Waals surface area contributed by atoms with Crippen LogP contribution in [0.3, 0.4) is 0 Å². The first-order valence-corrected chi connectivity index (χ1v) is 5.11. The molecule has 72 valence electrons. The van der Waals surface area contributed by atoms with E-state index in [1.54, 1.807) is 0 Å². The average Bonchev–Trinajstić information content (AvgIpc) is 2.14. The van der Waals surface area contributed by atoms with Crippen molar-refractivity contribution in [3.63, 3.8) is 0 Å². The van der Waals surface area contributed by atoms with Crippen molar-refractivity contribution in [1.29, 1.82) is 0 Å². The van der Waals surface area contributed by atoms with Crippen LogP contribution in [0.2, 0.25) is 0 Å². The van der Waals surface area contributed by atoms with E-state index in [9.17, 15) is 0 Å². The number of aliphatic hydroxyl groups excluding tert-OH is 1. The number of hydrogen-bond donors (Lipinski definition) is 2. The lowest BCUT2D eigenvalue weighted by atomic mass is 10.0. The van der Waals surface area contributed by atoms with E-state index < -0.39 is 0 Å². The molecule has 0 aromatic heterocycles. The van der Waals surface area contributed by atoms with Crippen molar-refractivity contribution in [2.75, 3.05) is 13.2 Å². The third kappa shape index (κ3) is 3.46. The van der Waals surface area contributed by atoms with E-state index >= 15 is 0 Å². The molecule has 1 aromatic rings. The third-order valence-electron chi connectivity index (χ3n) is 2.00. The number of aliphatic hydroxyl groups is 1. The molecular formula is C10H14BrNO. The van der Waals surface area contributed by atoms with Crippen LogP contribution < -0.4 is 5.73 Å². The van der Waals surface area contributed by atoms with Gasteiger partial charge in [0.15, 0.2) is 0 Å². The van der Waals surface area contributed by atoms with Gasteiger partial charge >= 0.3 is 0 Å². The monoisotopic (exact) mass is 243 g/mol. The topological polar surface area (TPSA) is 46.2 Å². The van der Waals surface area contributed by atoms with E-state index in [1.165, 1.54) is 5.56 Å². The Kier molecular flexibility index (Phi) is 4.42. The van der Waals surface area contributed by atoms with Crippen LogP contribution in [0.1, 0.15) is 5.56 Å². The maximum Gasteiger partial charge on any atom is 0.0474 e. The summed E-state index contributed by atoms with van der Waals surface area (Å²) in [4.78, 5) is 0. The van der Waals surface area contributed by atoms with Gasteiger partial charge in [-0.3, -0.25) is 0 Å². The number of nitrogens with two attached hydrogens (primary N) is 1. The molecule has 13 heavy (non-hydrogen) atoms. The second-order valence-corrected chi connectivity index (χ2v) is 4.03. The SMILES string of the molecule is NC[C@H](CO)Cc1cccc(Br)c1. The maximum atomic E-state index is 8.96. The van der Waals surface area contributed by atoms with Crippen molar-refractivity contribution in [1.82, 2.24) is 0 Å². The number of benzene rings is 1. The summed E-state index contributed by atoms with van der Waals surface area (Å²) in [6, 6.07) is 8.08. The Labute approximate surface area is 86.9 Å². The standard InChI is InChI=1S/C10H14BrNO/c11-10-3-1-2-8(5-10)4-9(6-12)7-13/h1-3,5,9,13H,4,6-7,12H2/t9-/m1/s1. The molecule has 0 radical (unpaired) electrons. The lowest BCUT2D eigenvalue weighted by molar-refractivity contribution is 0.230. The lowest BCUT2D eigenvalue weighted by Crippen LogP contribution is -2.20. The molecule has 0 spiro atoms. The zero-order chi connectivity index (χ0) is 9.68. The second-order valence-electron chi connectivity index (χ2n) is 3.12. The van der Waals surface area contributed by atoms with Crippen LogP contribution in [0.4, 0.5) is 0 Å². The molecule has 0 aliphatic carbocycles. The fraction of sp³-hybridized carbons (Fsp3) is 0.400. The Hall–Kier alpha value is -0.380. The molecule has 0 amide bonds. The van der Waals surface area contributed by atoms with Crippen molar-refractivity contribution >= 4 is 15.9 Å². The smallest absolute Gasteiger partial charge is 0.0474 e. The van der Waals surface area contributed by atoms with Crippen LogP contribution in [-0.2, 0) is 6.42 Å². The minimum atomic E-state index is 0.156. The van der Waals surface area contributed by atoms with E-state index in [0.29, 0.717) is 6.54 Å². The van der Waals surface area contributed by atoms with Gasteiger partial charge in [0.2, 0.25) is 0 Å². The zero-order valence-corrected chi connectivity index (χ0v) is 9.00. The molecule has 0 saturated carbocycles. The highest BCUT2D eigenvalue weighted by atomic mass is 79.9. The van der Waals surface area contributed by atoms with Gasteiger partial charge < -0.3 is 10.8 Å². The van der Waals surface area contributed by atoms with Crippen LogP contribution in [0, 0.1) is 5.92 Å². The molecule has 3 heteroatoms. The molecule has 0 aliphatic heterocycles. The summed E-state index contributed by atoms with van der Waals surface area (Å²) >= 11 is 3.40. The fourth-order valence-electron chi connectivity index (χ4n) is 1.22. The first-order chi connectivity index (χ1) is 6.26.